The summed E-state index contributed by atoms with van der Waals surface area (Å²) in [5.41, 5.74) is 2.70. The summed E-state index contributed by atoms with van der Waals surface area (Å²) in [4.78, 5) is 11.5. The molecule has 0 radical (unpaired) electrons. The van der Waals surface area contributed by atoms with Gasteiger partial charge in [0.05, 0.1) is 11.2 Å². The Morgan fingerprint density at radius 2 is 2.24 bits per heavy atom. The Hall–Kier alpha value is -1.55. The van der Waals surface area contributed by atoms with Crippen molar-refractivity contribution in [2.24, 2.45) is 7.05 Å². The molecule has 1 aromatic heterocycles. The number of benzene rings is 1. The number of aromatic nitrogens is 2. The van der Waals surface area contributed by atoms with Gasteiger partial charge >= 0.3 is 0 Å². The Morgan fingerprint density at radius 1 is 1.53 bits per heavy atom. The molecule has 0 aliphatic carbocycles. The molecule has 2 aromatic rings. The van der Waals surface area contributed by atoms with Gasteiger partial charge in [0.2, 0.25) is 5.91 Å². The zero-order chi connectivity index (χ0) is 12.6. The summed E-state index contributed by atoms with van der Waals surface area (Å²) in [7, 11) is 1.88. The van der Waals surface area contributed by atoms with Crippen LogP contribution < -0.4 is 5.32 Å². The molecule has 0 saturated heterocycles. The van der Waals surface area contributed by atoms with Crippen LogP contribution >= 0.6 is 11.6 Å². The van der Waals surface area contributed by atoms with Gasteiger partial charge in [0.1, 0.15) is 5.38 Å². The number of anilines is 1. The second-order valence-corrected chi connectivity index (χ2v) is 4.70. The maximum absolute atomic E-state index is 11.5. The maximum Gasteiger partial charge on any atom is 0.242 e. The molecule has 0 aliphatic heterocycles. The summed E-state index contributed by atoms with van der Waals surface area (Å²) in [6.07, 6.45) is 0. The highest BCUT2D eigenvalue weighted by molar-refractivity contribution is 6.32. The first-order valence-corrected chi connectivity index (χ1v) is 5.81. The molecule has 5 heteroatoms. The first kappa shape index (κ1) is 11.9. The predicted molar refractivity (Wildman–Crippen MR) is 69.4 cm³/mol. The van der Waals surface area contributed by atoms with Gasteiger partial charge in [-0.05, 0) is 32.0 Å². The molecule has 0 fully saturated rings. The van der Waals surface area contributed by atoms with Crippen molar-refractivity contribution < 1.29 is 4.79 Å². The van der Waals surface area contributed by atoms with Crippen LogP contribution in [0.15, 0.2) is 18.2 Å². The SMILES string of the molecule is Cc1nn(C)c2cc(NC(=O)C(C)Cl)ccc12. The van der Waals surface area contributed by atoms with Crippen molar-refractivity contribution in [3.63, 3.8) is 0 Å². The second kappa shape index (κ2) is 4.37. The average molecular weight is 252 g/mol. The van der Waals surface area contributed by atoms with E-state index in [0.717, 1.165) is 22.3 Å². The van der Waals surface area contributed by atoms with Crippen LogP contribution in [0.1, 0.15) is 12.6 Å². The molecule has 1 atom stereocenters. The van der Waals surface area contributed by atoms with E-state index >= 15 is 0 Å². The first-order valence-electron chi connectivity index (χ1n) is 5.37. The molecule has 90 valence electrons. The summed E-state index contributed by atoms with van der Waals surface area (Å²) in [6, 6.07) is 5.70. The fourth-order valence-corrected chi connectivity index (χ4v) is 1.81. The number of aryl methyl sites for hydroxylation is 2. The van der Waals surface area contributed by atoms with Crippen molar-refractivity contribution in [1.29, 1.82) is 0 Å². The molecule has 2 rings (SSSR count). The van der Waals surface area contributed by atoms with Crippen molar-refractivity contribution in [3.8, 4) is 0 Å². The molecule has 4 nitrogen and oxygen atoms in total. The number of nitrogens with one attached hydrogen (secondary N) is 1. The van der Waals surface area contributed by atoms with E-state index in [0.29, 0.717) is 0 Å². The normalized spacial score (nSPS) is 12.7. The van der Waals surface area contributed by atoms with Crippen LogP contribution in [-0.4, -0.2) is 21.1 Å². The lowest BCUT2D eigenvalue weighted by Gasteiger charge is -2.06. The fraction of sp³-hybridized carbons (Fsp3) is 0.333. The first-order chi connectivity index (χ1) is 7.99. The summed E-state index contributed by atoms with van der Waals surface area (Å²) < 4.78 is 1.80. The van der Waals surface area contributed by atoms with Crippen LogP contribution in [-0.2, 0) is 11.8 Å². The number of fused-ring (bicyclic) bond motifs is 1. The Morgan fingerprint density at radius 3 is 2.88 bits per heavy atom. The smallest absolute Gasteiger partial charge is 0.242 e. The highest BCUT2D eigenvalue weighted by atomic mass is 35.5. The number of carbonyl (C=O) groups is 1. The zero-order valence-electron chi connectivity index (χ0n) is 9.99. The van der Waals surface area contributed by atoms with Gasteiger partial charge in [-0.3, -0.25) is 9.48 Å². The number of halogens is 1. The van der Waals surface area contributed by atoms with Gasteiger partial charge in [0.25, 0.3) is 0 Å². The highest BCUT2D eigenvalue weighted by Gasteiger charge is 2.10. The number of rotatable bonds is 2. The van der Waals surface area contributed by atoms with E-state index in [2.05, 4.69) is 10.4 Å². The van der Waals surface area contributed by atoms with E-state index in [1.54, 1.807) is 11.6 Å². The van der Waals surface area contributed by atoms with Gasteiger partial charge in [0, 0.05) is 18.1 Å². The quantitative estimate of drug-likeness (QED) is 0.834. The molecule has 1 N–H and O–H groups in total. The van der Waals surface area contributed by atoms with Crippen LogP contribution in [0.4, 0.5) is 5.69 Å². The molecule has 17 heavy (non-hydrogen) atoms. The van der Waals surface area contributed by atoms with E-state index in [4.69, 9.17) is 11.6 Å². The molecule has 1 aromatic carbocycles. The third-order valence-electron chi connectivity index (χ3n) is 2.66. The molecule has 1 heterocycles. The zero-order valence-corrected chi connectivity index (χ0v) is 10.7. The number of nitrogens with zero attached hydrogens (tertiary/aromatic N) is 2. The minimum absolute atomic E-state index is 0.204. The number of amides is 1. The van der Waals surface area contributed by atoms with Gasteiger partial charge in [-0.15, -0.1) is 11.6 Å². The number of alkyl halides is 1. The molecule has 0 bridgehead atoms. The van der Waals surface area contributed by atoms with E-state index in [1.165, 1.54) is 0 Å². The van der Waals surface area contributed by atoms with Crippen LogP contribution in [0.5, 0.6) is 0 Å². The summed E-state index contributed by atoms with van der Waals surface area (Å²) in [5, 5.41) is 7.63. The molecule has 0 spiro atoms. The monoisotopic (exact) mass is 251 g/mol. The third-order valence-corrected chi connectivity index (χ3v) is 2.86. The molecule has 0 saturated carbocycles. The Kier molecular flexibility index (Phi) is 3.07. The minimum Gasteiger partial charge on any atom is -0.325 e. The van der Waals surface area contributed by atoms with Gasteiger partial charge < -0.3 is 5.32 Å². The maximum atomic E-state index is 11.5. The number of hydrogen-bond acceptors (Lipinski definition) is 2. The van der Waals surface area contributed by atoms with Gasteiger partial charge in [0.15, 0.2) is 0 Å². The topological polar surface area (TPSA) is 46.9 Å². The Bertz CT molecular complexity index is 574. The van der Waals surface area contributed by atoms with Crippen LogP contribution in [0.3, 0.4) is 0 Å². The third kappa shape index (κ3) is 2.26. The van der Waals surface area contributed by atoms with Gasteiger partial charge in [-0.25, -0.2) is 0 Å². The lowest BCUT2D eigenvalue weighted by Crippen LogP contribution is -2.20. The van der Waals surface area contributed by atoms with Crippen molar-refractivity contribution in [2.45, 2.75) is 19.2 Å². The summed E-state index contributed by atoms with van der Waals surface area (Å²) in [5.74, 6) is -0.204. The van der Waals surface area contributed by atoms with Gasteiger partial charge in [-0.2, -0.15) is 5.10 Å². The molecule has 1 unspecified atom stereocenters. The van der Waals surface area contributed by atoms with Crippen molar-refractivity contribution in [2.75, 3.05) is 5.32 Å². The summed E-state index contributed by atoms with van der Waals surface area (Å²) >= 11 is 5.70. The largest absolute Gasteiger partial charge is 0.325 e. The number of hydrogen-bond donors (Lipinski definition) is 1. The molecular formula is C12H14ClN3O. The van der Waals surface area contributed by atoms with Crippen molar-refractivity contribution >= 4 is 34.1 Å². The number of carbonyl (C=O) groups excluding carboxylic acids is 1. The fourth-order valence-electron chi connectivity index (χ4n) is 1.76. The summed E-state index contributed by atoms with van der Waals surface area (Å²) in [6.45, 7) is 3.60. The standard InChI is InChI=1S/C12H14ClN3O/c1-7(13)12(17)14-9-4-5-10-8(2)15-16(3)11(10)6-9/h4-7H,1-3H3,(H,14,17). The molecule has 0 aliphatic rings. The van der Waals surface area contributed by atoms with E-state index in [1.807, 2.05) is 32.2 Å². The second-order valence-electron chi connectivity index (χ2n) is 4.05. The van der Waals surface area contributed by atoms with E-state index < -0.39 is 5.38 Å². The van der Waals surface area contributed by atoms with Crippen LogP contribution in [0.2, 0.25) is 0 Å². The molecule has 1 amide bonds. The lowest BCUT2D eigenvalue weighted by molar-refractivity contribution is -0.115. The van der Waals surface area contributed by atoms with E-state index in [-0.39, 0.29) is 5.91 Å². The lowest BCUT2D eigenvalue weighted by atomic mass is 10.2. The molecular weight excluding hydrogens is 238 g/mol. The van der Waals surface area contributed by atoms with Crippen molar-refractivity contribution in [3.05, 3.63) is 23.9 Å². The van der Waals surface area contributed by atoms with Crippen molar-refractivity contribution in [1.82, 2.24) is 9.78 Å². The minimum atomic E-state index is -0.543. The van der Waals surface area contributed by atoms with Gasteiger partial charge in [-0.1, -0.05) is 0 Å². The predicted octanol–water partition coefficient (Wildman–Crippen LogP) is 2.45. The Labute approximate surface area is 105 Å². The van der Waals surface area contributed by atoms with Crippen LogP contribution in [0.25, 0.3) is 10.9 Å². The van der Waals surface area contributed by atoms with E-state index in [9.17, 15) is 4.79 Å². The van der Waals surface area contributed by atoms with Crippen LogP contribution in [0, 0.1) is 6.92 Å². The Balaban J connectivity index is 2.38. The average Bonchev–Trinajstić information content (AvgIpc) is 2.54. The highest BCUT2D eigenvalue weighted by Crippen LogP contribution is 2.21.